The van der Waals surface area contributed by atoms with Gasteiger partial charge in [0.05, 0.1) is 26.4 Å². The molecule has 106 valence electrons. The molecule has 0 saturated carbocycles. The van der Waals surface area contributed by atoms with Gasteiger partial charge in [0, 0.05) is 10.8 Å². The molecule has 0 unspecified atom stereocenters. The van der Waals surface area contributed by atoms with Gasteiger partial charge in [-0.1, -0.05) is 36.4 Å². The highest BCUT2D eigenvalue weighted by Gasteiger charge is 2.22. The average Bonchev–Trinajstić information content (AvgIpc) is 2.53. The van der Waals surface area contributed by atoms with E-state index in [1.807, 2.05) is 42.5 Å². The minimum atomic E-state index is -0.214. The largest absolute Gasteiger partial charge is 0.294 e. The number of para-hydroxylation sites is 1. The van der Waals surface area contributed by atoms with Crippen molar-refractivity contribution in [3.63, 3.8) is 0 Å². The third-order valence-electron chi connectivity index (χ3n) is 3.76. The molecule has 22 heavy (non-hydrogen) atoms. The summed E-state index contributed by atoms with van der Waals surface area (Å²) in [6, 6.07) is 15.1. The van der Waals surface area contributed by atoms with E-state index in [1.54, 1.807) is 6.07 Å². The number of benzene rings is 3. The molecule has 1 aliphatic carbocycles. The molecule has 4 rings (SSSR count). The van der Waals surface area contributed by atoms with Gasteiger partial charge >= 0.3 is 0 Å². The van der Waals surface area contributed by atoms with Crippen LogP contribution in [0, 0.1) is 0 Å². The van der Waals surface area contributed by atoms with Crippen LogP contribution in [0.5, 0.6) is 0 Å². The summed E-state index contributed by atoms with van der Waals surface area (Å²) in [5, 5.41) is 1.35. The van der Waals surface area contributed by atoms with Gasteiger partial charge < -0.3 is 0 Å². The van der Waals surface area contributed by atoms with E-state index in [0.717, 1.165) is 21.3 Å². The monoisotopic (exact) mass is 305 g/mol. The van der Waals surface area contributed by atoms with E-state index < -0.39 is 0 Å². The summed E-state index contributed by atoms with van der Waals surface area (Å²) in [5.41, 5.74) is 1.64. The molecule has 0 fully saturated rings. The van der Waals surface area contributed by atoms with Crippen LogP contribution in [0.15, 0.2) is 53.3 Å². The minimum absolute atomic E-state index is 0.205. The fraction of sp³-hybridized carbons (Fsp3) is 0.0556. The smallest absolute Gasteiger partial charge is 0.198 e. The molecule has 0 aromatic heterocycles. The van der Waals surface area contributed by atoms with Crippen LogP contribution in [-0.4, -0.2) is 10.8 Å². The van der Waals surface area contributed by atoms with E-state index in [1.165, 1.54) is 18.3 Å². The number of Topliss-reactive ketones (excluding diaryl/α,β-unsaturated/α-hetero) is 1. The summed E-state index contributed by atoms with van der Waals surface area (Å²) in [7, 11) is 0. The first kappa shape index (κ1) is 13.1. The van der Waals surface area contributed by atoms with E-state index in [2.05, 4.69) is 0 Å². The molecule has 1 heterocycles. The van der Waals surface area contributed by atoms with Gasteiger partial charge in [-0.3, -0.25) is 9.59 Å². The zero-order valence-electron chi connectivity index (χ0n) is 11.8. The Morgan fingerprint density at radius 1 is 1.00 bits per heavy atom. The van der Waals surface area contributed by atoms with Gasteiger partial charge in [0.1, 0.15) is 0 Å². The topological polar surface area (TPSA) is 47.0 Å². The predicted octanol–water partition coefficient (Wildman–Crippen LogP) is 4.12. The molecular weight excluding hydrogens is 294 g/mol. The van der Waals surface area contributed by atoms with Gasteiger partial charge in [0.15, 0.2) is 11.2 Å². The maximum Gasteiger partial charge on any atom is 0.198 e. The quantitative estimate of drug-likeness (QED) is 0.302. The number of hydrogen-bond donors (Lipinski definition) is 0. The van der Waals surface area contributed by atoms with Gasteiger partial charge in [-0.2, -0.15) is 0 Å². The van der Waals surface area contributed by atoms with Crippen LogP contribution < -0.4 is 5.43 Å². The second kappa shape index (κ2) is 4.71. The maximum atomic E-state index is 12.7. The van der Waals surface area contributed by atoms with Crippen LogP contribution in [0.25, 0.3) is 31.6 Å². The zero-order chi connectivity index (χ0) is 15.3. The SMILES string of the molecule is CC(=O)c1c2sc3ccccc3nc-2c2ccccc2c1=O. The Hall–Kier alpha value is -2.59. The van der Waals surface area contributed by atoms with Crippen molar-refractivity contribution in [3.05, 3.63) is 64.3 Å². The van der Waals surface area contributed by atoms with E-state index in [0.29, 0.717) is 10.3 Å². The fourth-order valence-electron chi connectivity index (χ4n) is 2.76. The second-order valence-electron chi connectivity index (χ2n) is 5.17. The van der Waals surface area contributed by atoms with Crippen LogP contribution in [0.1, 0.15) is 17.3 Å². The van der Waals surface area contributed by atoms with Crippen molar-refractivity contribution in [1.82, 2.24) is 4.98 Å². The summed E-state index contributed by atoms with van der Waals surface area (Å²) in [6.45, 7) is 1.44. The lowest BCUT2D eigenvalue weighted by atomic mass is 9.99. The zero-order valence-corrected chi connectivity index (χ0v) is 12.6. The fourth-order valence-corrected chi connectivity index (χ4v) is 3.94. The Labute approximate surface area is 130 Å². The maximum absolute atomic E-state index is 12.7. The summed E-state index contributed by atoms with van der Waals surface area (Å²) in [4.78, 5) is 30.1. The highest BCUT2D eigenvalue weighted by Crippen LogP contribution is 2.36. The summed E-state index contributed by atoms with van der Waals surface area (Å²) < 4.78 is 0.965. The Morgan fingerprint density at radius 2 is 1.68 bits per heavy atom. The summed E-state index contributed by atoms with van der Waals surface area (Å²) >= 11 is 1.45. The van der Waals surface area contributed by atoms with Crippen molar-refractivity contribution < 1.29 is 4.79 Å². The highest BCUT2D eigenvalue weighted by atomic mass is 32.1. The molecule has 0 bridgehead atoms. The lowest BCUT2D eigenvalue weighted by Gasteiger charge is -2.12. The number of carbonyl (C=O) groups excluding carboxylic acids is 1. The van der Waals surface area contributed by atoms with Gasteiger partial charge in [-0.25, -0.2) is 4.98 Å². The standard InChI is InChI=1S/C18H11NO2S/c1-10(20)15-17(21)12-7-3-2-6-11(12)16-18(15)22-14-9-5-4-8-13(14)19-16/h2-9H,1H3. The third kappa shape index (κ3) is 1.77. The summed E-state index contributed by atoms with van der Waals surface area (Å²) in [6.07, 6.45) is 0. The van der Waals surface area contributed by atoms with Crippen molar-refractivity contribution in [3.8, 4) is 10.6 Å². The van der Waals surface area contributed by atoms with E-state index in [9.17, 15) is 9.59 Å². The summed E-state index contributed by atoms with van der Waals surface area (Å²) in [5.74, 6) is -0.214. The molecule has 0 atom stereocenters. The first-order valence-corrected chi connectivity index (χ1v) is 7.73. The molecule has 0 amide bonds. The normalized spacial score (nSPS) is 11.3. The first-order valence-electron chi connectivity index (χ1n) is 6.92. The van der Waals surface area contributed by atoms with Gasteiger partial charge in [0.2, 0.25) is 0 Å². The molecule has 2 aromatic carbocycles. The van der Waals surface area contributed by atoms with E-state index in [-0.39, 0.29) is 16.8 Å². The van der Waals surface area contributed by atoms with Crippen LogP contribution in [-0.2, 0) is 0 Å². The van der Waals surface area contributed by atoms with E-state index in [4.69, 9.17) is 4.98 Å². The molecule has 1 aliphatic heterocycles. The highest BCUT2D eigenvalue weighted by molar-refractivity contribution is 7.21. The molecule has 2 aliphatic rings. The lowest BCUT2D eigenvalue weighted by molar-refractivity contribution is 0.101. The van der Waals surface area contributed by atoms with Crippen LogP contribution >= 0.6 is 11.3 Å². The molecule has 4 heteroatoms. The number of nitrogens with zero attached hydrogens (tertiary/aromatic N) is 1. The molecular formula is C18H11NO2S. The van der Waals surface area contributed by atoms with Crippen molar-refractivity contribution in [2.24, 2.45) is 0 Å². The van der Waals surface area contributed by atoms with E-state index >= 15 is 0 Å². The first-order chi connectivity index (χ1) is 10.7. The number of hydrogen-bond acceptors (Lipinski definition) is 4. The molecule has 0 spiro atoms. The molecule has 3 nitrogen and oxygen atoms in total. The Morgan fingerprint density at radius 3 is 2.45 bits per heavy atom. The van der Waals surface area contributed by atoms with Crippen molar-refractivity contribution in [2.75, 3.05) is 0 Å². The number of aromatic nitrogens is 1. The van der Waals surface area contributed by atoms with Crippen molar-refractivity contribution in [2.45, 2.75) is 6.92 Å². The minimum Gasteiger partial charge on any atom is -0.294 e. The Balaban J connectivity index is 2.34. The molecule has 0 saturated heterocycles. The molecule has 0 N–H and O–H groups in total. The average molecular weight is 305 g/mol. The van der Waals surface area contributed by atoms with Gasteiger partial charge in [-0.05, 0) is 19.1 Å². The van der Waals surface area contributed by atoms with Crippen LogP contribution in [0.4, 0.5) is 0 Å². The number of fused-ring (bicyclic) bond motifs is 4. The van der Waals surface area contributed by atoms with Crippen molar-refractivity contribution in [1.29, 1.82) is 0 Å². The van der Waals surface area contributed by atoms with Crippen LogP contribution in [0.3, 0.4) is 0 Å². The predicted molar refractivity (Wildman–Crippen MR) is 90.0 cm³/mol. The van der Waals surface area contributed by atoms with Gasteiger partial charge in [0.25, 0.3) is 0 Å². The van der Waals surface area contributed by atoms with Crippen LogP contribution in [0.2, 0.25) is 0 Å². The molecule has 2 aromatic rings. The van der Waals surface area contributed by atoms with Crippen molar-refractivity contribution >= 4 is 38.1 Å². The number of rotatable bonds is 1. The Kier molecular flexibility index (Phi) is 2.81. The molecule has 0 radical (unpaired) electrons. The lowest BCUT2D eigenvalue weighted by Crippen LogP contribution is -2.16. The number of ketones is 1. The number of carbonyl (C=O) groups is 1. The second-order valence-corrected chi connectivity index (χ2v) is 6.22. The third-order valence-corrected chi connectivity index (χ3v) is 4.92. The Bertz CT molecular complexity index is 1080. The van der Waals surface area contributed by atoms with Gasteiger partial charge in [-0.15, -0.1) is 11.3 Å².